The number of benzene rings is 2. The molecule has 3 rings (SSSR count). The largest absolute Gasteiger partial charge is 0.424 e. The minimum atomic E-state index is -3.76. The first-order valence-electron chi connectivity index (χ1n) is 6.86. The molecule has 0 amide bonds. The van der Waals surface area contributed by atoms with Gasteiger partial charge in [-0.05, 0) is 30.3 Å². The maximum absolute atomic E-state index is 12.3. The second-order valence-corrected chi connectivity index (χ2v) is 6.85. The van der Waals surface area contributed by atoms with Gasteiger partial charge in [0.2, 0.25) is 0 Å². The number of para-hydroxylation sites is 1. The minimum Gasteiger partial charge on any atom is -0.424 e. The molecule has 0 fully saturated rings. The second kappa shape index (κ2) is 6.86. The van der Waals surface area contributed by atoms with E-state index in [0.717, 1.165) is 0 Å². The van der Waals surface area contributed by atoms with Gasteiger partial charge in [0, 0.05) is 5.02 Å². The van der Waals surface area contributed by atoms with E-state index in [2.05, 4.69) is 14.7 Å². The Balaban J connectivity index is 1.74. The van der Waals surface area contributed by atoms with Crippen LogP contribution in [0.5, 0.6) is 11.8 Å². The molecule has 24 heavy (non-hydrogen) atoms. The number of rotatable bonds is 5. The summed E-state index contributed by atoms with van der Waals surface area (Å²) in [6, 6.07) is 15.1. The number of aromatic nitrogens is 2. The maximum Gasteiger partial charge on any atom is 0.322 e. The first kappa shape index (κ1) is 16.2. The summed E-state index contributed by atoms with van der Waals surface area (Å²) in [6.07, 6.45) is 2.65. The quantitative estimate of drug-likeness (QED) is 0.749. The third-order valence-corrected chi connectivity index (χ3v) is 4.55. The Hall–Kier alpha value is -2.64. The minimum absolute atomic E-state index is 0.0552. The molecule has 0 aliphatic carbocycles. The molecule has 0 saturated carbocycles. The third-order valence-electron chi connectivity index (χ3n) is 2.94. The molecule has 1 heterocycles. The summed E-state index contributed by atoms with van der Waals surface area (Å²) in [5, 5.41) is 0.334. The Labute approximate surface area is 144 Å². The van der Waals surface area contributed by atoms with Gasteiger partial charge in [0.1, 0.15) is 5.75 Å². The van der Waals surface area contributed by atoms with Crippen LogP contribution in [0.4, 0.5) is 5.69 Å². The molecule has 0 spiro atoms. The van der Waals surface area contributed by atoms with Crippen molar-refractivity contribution in [2.45, 2.75) is 4.90 Å². The molecular formula is C16H12ClN3O3S. The van der Waals surface area contributed by atoms with Crippen molar-refractivity contribution in [3.8, 4) is 11.8 Å². The fourth-order valence-corrected chi connectivity index (χ4v) is 3.19. The van der Waals surface area contributed by atoms with Crippen molar-refractivity contribution in [1.82, 2.24) is 9.97 Å². The highest BCUT2D eigenvalue weighted by atomic mass is 35.5. The summed E-state index contributed by atoms with van der Waals surface area (Å²) < 4.78 is 32.4. The first-order chi connectivity index (χ1) is 11.5. The Morgan fingerprint density at radius 2 is 1.67 bits per heavy atom. The van der Waals surface area contributed by atoms with Gasteiger partial charge in [0.05, 0.1) is 23.0 Å². The van der Waals surface area contributed by atoms with Gasteiger partial charge < -0.3 is 4.74 Å². The number of sulfonamides is 1. The molecule has 1 N–H and O–H groups in total. The van der Waals surface area contributed by atoms with E-state index in [9.17, 15) is 8.42 Å². The Kier molecular flexibility index (Phi) is 4.64. The Morgan fingerprint density at radius 3 is 2.33 bits per heavy atom. The van der Waals surface area contributed by atoms with Gasteiger partial charge in [-0.3, -0.25) is 4.72 Å². The van der Waals surface area contributed by atoms with Gasteiger partial charge in [-0.25, -0.2) is 18.4 Å². The Morgan fingerprint density at radius 1 is 0.958 bits per heavy atom. The summed E-state index contributed by atoms with van der Waals surface area (Å²) in [6.45, 7) is 0. The average molecular weight is 362 g/mol. The van der Waals surface area contributed by atoms with E-state index in [0.29, 0.717) is 10.8 Å². The number of anilines is 1. The van der Waals surface area contributed by atoms with Crippen molar-refractivity contribution in [2.24, 2.45) is 0 Å². The topological polar surface area (TPSA) is 81.2 Å². The van der Waals surface area contributed by atoms with Crippen LogP contribution in [0.3, 0.4) is 0 Å². The lowest BCUT2D eigenvalue weighted by Gasteiger charge is -2.08. The third kappa shape index (κ3) is 4.01. The predicted octanol–water partition coefficient (Wildman–Crippen LogP) is 3.72. The highest BCUT2D eigenvalue weighted by Gasteiger charge is 2.15. The maximum atomic E-state index is 12.3. The number of hydrogen-bond acceptors (Lipinski definition) is 5. The normalized spacial score (nSPS) is 11.0. The van der Waals surface area contributed by atoms with E-state index >= 15 is 0 Å². The second-order valence-electron chi connectivity index (χ2n) is 4.73. The van der Waals surface area contributed by atoms with Crippen LogP contribution >= 0.6 is 11.6 Å². The molecule has 0 aliphatic heterocycles. The molecule has 0 radical (unpaired) electrons. The van der Waals surface area contributed by atoms with Crippen molar-refractivity contribution in [3.63, 3.8) is 0 Å². The first-order valence-corrected chi connectivity index (χ1v) is 8.72. The van der Waals surface area contributed by atoms with Crippen molar-refractivity contribution in [2.75, 3.05) is 4.72 Å². The number of halogens is 1. The molecule has 6 nitrogen and oxygen atoms in total. The summed E-state index contributed by atoms with van der Waals surface area (Å²) in [7, 11) is -3.76. The zero-order chi connectivity index (χ0) is 17.0. The van der Waals surface area contributed by atoms with E-state index in [4.69, 9.17) is 16.3 Å². The van der Waals surface area contributed by atoms with Gasteiger partial charge in [-0.15, -0.1) is 0 Å². The molecule has 0 unspecified atom stereocenters. The highest BCUT2D eigenvalue weighted by Crippen LogP contribution is 2.20. The van der Waals surface area contributed by atoms with E-state index in [1.54, 1.807) is 24.3 Å². The molecule has 122 valence electrons. The van der Waals surface area contributed by atoms with Crippen molar-refractivity contribution < 1.29 is 13.2 Å². The monoisotopic (exact) mass is 361 g/mol. The predicted molar refractivity (Wildman–Crippen MR) is 90.8 cm³/mol. The van der Waals surface area contributed by atoms with Gasteiger partial charge in [-0.1, -0.05) is 35.9 Å². The van der Waals surface area contributed by atoms with Crippen molar-refractivity contribution >= 4 is 27.3 Å². The zero-order valence-corrected chi connectivity index (χ0v) is 13.8. The SMILES string of the molecule is O=S(=O)(Nc1cnc(Oc2ccccc2)nc1)c1cccc(Cl)c1. The van der Waals surface area contributed by atoms with Crippen molar-refractivity contribution in [1.29, 1.82) is 0 Å². The van der Waals surface area contributed by atoms with Gasteiger partial charge >= 0.3 is 6.01 Å². The van der Waals surface area contributed by atoms with Crippen LogP contribution in [-0.4, -0.2) is 18.4 Å². The van der Waals surface area contributed by atoms with E-state index in [-0.39, 0.29) is 16.6 Å². The fourth-order valence-electron chi connectivity index (χ4n) is 1.86. The van der Waals surface area contributed by atoms with Crippen LogP contribution in [0.25, 0.3) is 0 Å². The summed E-state index contributed by atoms with van der Waals surface area (Å²) >= 11 is 5.82. The smallest absolute Gasteiger partial charge is 0.322 e. The van der Waals surface area contributed by atoms with Crippen LogP contribution < -0.4 is 9.46 Å². The molecule has 0 bridgehead atoms. The molecule has 3 aromatic rings. The van der Waals surface area contributed by atoms with E-state index in [1.807, 2.05) is 18.2 Å². The number of nitrogens with zero attached hydrogens (tertiary/aromatic N) is 2. The van der Waals surface area contributed by atoms with Gasteiger partial charge in [-0.2, -0.15) is 0 Å². The standard InChI is InChI=1S/C16H12ClN3O3S/c17-12-5-4-8-15(9-12)24(21,22)20-13-10-18-16(19-11-13)23-14-6-2-1-3-7-14/h1-11,20H. The van der Waals surface area contributed by atoms with Crippen LogP contribution in [0, 0.1) is 0 Å². The Bertz CT molecular complexity index is 932. The number of ether oxygens (including phenoxy) is 1. The van der Waals surface area contributed by atoms with E-state index in [1.165, 1.54) is 24.5 Å². The average Bonchev–Trinajstić information content (AvgIpc) is 2.57. The van der Waals surface area contributed by atoms with Crippen LogP contribution in [0.1, 0.15) is 0 Å². The summed E-state index contributed by atoms with van der Waals surface area (Å²) in [5.74, 6) is 0.588. The van der Waals surface area contributed by atoms with Crippen LogP contribution in [-0.2, 0) is 10.0 Å². The van der Waals surface area contributed by atoms with Gasteiger partial charge in [0.15, 0.2) is 0 Å². The highest BCUT2D eigenvalue weighted by molar-refractivity contribution is 7.92. The summed E-state index contributed by atoms with van der Waals surface area (Å²) in [4.78, 5) is 8.02. The lowest BCUT2D eigenvalue weighted by Crippen LogP contribution is -2.13. The molecule has 1 aromatic heterocycles. The molecule has 0 atom stereocenters. The molecule has 8 heteroatoms. The van der Waals surface area contributed by atoms with Crippen molar-refractivity contribution in [3.05, 3.63) is 72.0 Å². The molecule has 2 aromatic carbocycles. The van der Waals surface area contributed by atoms with E-state index < -0.39 is 10.0 Å². The molecular weight excluding hydrogens is 350 g/mol. The zero-order valence-electron chi connectivity index (χ0n) is 12.3. The molecule has 0 aliphatic rings. The van der Waals surface area contributed by atoms with Gasteiger partial charge in [0.25, 0.3) is 10.0 Å². The summed E-state index contributed by atoms with van der Waals surface area (Å²) in [5.41, 5.74) is 0.218. The van der Waals surface area contributed by atoms with Crippen LogP contribution in [0.15, 0.2) is 71.9 Å². The number of nitrogens with one attached hydrogen (secondary N) is 1. The molecule has 0 saturated heterocycles. The number of hydrogen-bond donors (Lipinski definition) is 1. The van der Waals surface area contributed by atoms with Crippen LogP contribution in [0.2, 0.25) is 5.02 Å². The fraction of sp³-hybridized carbons (Fsp3) is 0. The lowest BCUT2D eigenvalue weighted by atomic mass is 10.3. The lowest BCUT2D eigenvalue weighted by molar-refractivity contribution is 0.442.